The van der Waals surface area contributed by atoms with Crippen molar-refractivity contribution < 1.29 is 9.59 Å². The van der Waals surface area contributed by atoms with Crippen LogP contribution in [0, 0.1) is 0 Å². The summed E-state index contributed by atoms with van der Waals surface area (Å²) in [5, 5.41) is 9.93. The Morgan fingerprint density at radius 1 is 1.26 bits per heavy atom. The molecule has 1 fully saturated rings. The van der Waals surface area contributed by atoms with Crippen LogP contribution in [0.1, 0.15) is 24.4 Å². The van der Waals surface area contributed by atoms with Crippen LogP contribution in [0.15, 0.2) is 41.6 Å². The molecule has 3 aliphatic heterocycles. The predicted molar refractivity (Wildman–Crippen MR) is 122 cm³/mol. The van der Waals surface area contributed by atoms with Gasteiger partial charge in [-0.15, -0.1) is 0 Å². The first-order valence-electron chi connectivity index (χ1n) is 10.6. The first-order chi connectivity index (χ1) is 15.0. The van der Waals surface area contributed by atoms with Gasteiger partial charge in [-0.1, -0.05) is 11.8 Å². The molecule has 0 radical (unpaired) electrons. The minimum Gasteiger partial charge on any atom is -0.378 e. The van der Waals surface area contributed by atoms with Gasteiger partial charge in [0, 0.05) is 44.1 Å². The second-order valence-electron chi connectivity index (χ2n) is 8.31. The number of hydrogen-bond acceptors (Lipinski definition) is 6. The van der Waals surface area contributed by atoms with Gasteiger partial charge in [0.2, 0.25) is 5.91 Å². The van der Waals surface area contributed by atoms with Crippen LogP contribution in [0.5, 0.6) is 0 Å². The van der Waals surface area contributed by atoms with Crippen LogP contribution in [0.25, 0.3) is 0 Å². The van der Waals surface area contributed by atoms with Crippen LogP contribution < -0.4 is 25.8 Å². The average molecular weight is 439 g/mol. The van der Waals surface area contributed by atoms with E-state index in [1.807, 2.05) is 49.3 Å². The van der Waals surface area contributed by atoms with Crippen molar-refractivity contribution in [1.82, 2.24) is 20.9 Å². The highest BCUT2D eigenvalue weighted by Crippen LogP contribution is 2.50. The molecule has 1 saturated heterocycles. The molecule has 2 unspecified atom stereocenters. The normalized spacial score (nSPS) is 24.4. The number of urea groups is 1. The van der Waals surface area contributed by atoms with E-state index in [-0.39, 0.29) is 24.0 Å². The molecule has 8 nitrogen and oxygen atoms in total. The van der Waals surface area contributed by atoms with Gasteiger partial charge in [-0.2, -0.15) is 0 Å². The molecular weight excluding hydrogens is 412 g/mol. The number of piperidine rings is 1. The maximum atomic E-state index is 13.2. The zero-order valence-corrected chi connectivity index (χ0v) is 18.4. The molecule has 162 valence electrons. The van der Waals surface area contributed by atoms with Crippen LogP contribution >= 0.6 is 11.8 Å². The topological polar surface area (TPSA) is 89.6 Å². The Labute approximate surface area is 185 Å². The Bertz CT molecular complexity index is 1010. The Kier molecular flexibility index (Phi) is 5.23. The highest BCUT2D eigenvalue weighted by molar-refractivity contribution is 8.01. The lowest BCUT2D eigenvalue weighted by atomic mass is 9.99. The fraction of sp³-hybridized carbons (Fsp3) is 0.409. The molecule has 5 rings (SSSR count). The van der Waals surface area contributed by atoms with Gasteiger partial charge >= 0.3 is 6.03 Å². The second kappa shape index (κ2) is 8.05. The third kappa shape index (κ3) is 3.61. The van der Waals surface area contributed by atoms with Crippen LogP contribution in [-0.4, -0.2) is 55.4 Å². The van der Waals surface area contributed by atoms with Gasteiger partial charge in [0.1, 0.15) is 10.3 Å². The monoisotopic (exact) mass is 438 g/mol. The summed E-state index contributed by atoms with van der Waals surface area (Å²) >= 11 is 1.43. The fourth-order valence-electron chi connectivity index (χ4n) is 4.44. The molecule has 3 atom stereocenters. The molecule has 1 aromatic heterocycles. The van der Waals surface area contributed by atoms with E-state index in [4.69, 9.17) is 0 Å². The zero-order chi connectivity index (χ0) is 21.5. The SMILES string of the molecule is CN(C)c1ccc(N2C(=O)NC3c4c2ccnc4S[C@H]3C(=O)NC2CCCNC2)cc1. The van der Waals surface area contributed by atoms with Crippen molar-refractivity contribution in [1.29, 1.82) is 0 Å². The van der Waals surface area contributed by atoms with E-state index in [2.05, 4.69) is 20.9 Å². The smallest absolute Gasteiger partial charge is 0.327 e. The van der Waals surface area contributed by atoms with Gasteiger partial charge in [0.25, 0.3) is 0 Å². The number of aromatic nitrogens is 1. The number of nitrogens with one attached hydrogen (secondary N) is 3. The molecule has 2 aromatic rings. The predicted octanol–water partition coefficient (Wildman–Crippen LogP) is 2.39. The number of nitrogens with zero attached hydrogens (tertiary/aromatic N) is 3. The second-order valence-corrected chi connectivity index (χ2v) is 9.44. The van der Waals surface area contributed by atoms with E-state index in [1.54, 1.807) is 11.1 Å². The van der Waals surface area contributed by atoms with Crippen molar-refractivity contribution >= 4 is 40.8 Å². The summed E-state index contributed by atoms with van der Waals surface area (Å²) in [5.74, 6) is -0.0447. The van der Waals surface area contributed by atoms with Gasteiger partial charge in [0.05, 0.1) is 17.4 Å². The molecule has 0 bridgehead atoms. The molecule has 0 saturated carbocycles. The number of amides is 3. The Morgan fingerprint density at radius 3 is 2.77 bits per heavy atom. The molecular formula is C22H26N6O2S. The van der Waals surface area contributed by atoms with E-state index in [0.29, 0.717) is 0 Å². The Morgan fingerprint density at radius 2 is 2.06 bits per heavy atom. The first kappa shape index (κ1) is 20.1. The molecule has 3 aliphatic rings. The lowest BCUT2D eigenvalue weighted by Gasteiger charge is -2.34. The lowest BCUT2D eigenvalue weighted by molar-refractivity contribution is -0.121. The zero-order valence-electron chi connectivity index (χ0n) is 17.6. The van der Waals surface area contributed by atoms with E-state index >= 15 is 0 Å². The van der Waals surface area contributed by atoms with Crippen molar-refractivity contribution in [3.05, 3.63) is 42.1 Å². The first-order valence-corrected chi connectivity index (χ1v) is 11.5. The number of anilines is 3. The van der Waals surface area contributed by atoms with E-state index in [1.165, 1.54) is 11.8 Å². The van der Waals surface area contributed by atoms with Crippen LogP contribution in [0.2, 0.25) is 0 Å². The van der Waals surface area contributed by atoms with Crippen molar-refractivity contribution in [2.45, 2.75) is 35.2 Å². The minimum absolute atomic E-state index is 0.0447. The number of pyridine rings is 1. The maximum Gasteiger partial charge on any atom is 0.327 e. The van der Waals surface area contributed by atoms with E-state index in [0.717, 1.165) is 53.6 Å². The van der Waals surface area contributed by atoms with Crippen molar-refractivity contribution in [3.63, 3.8) is 0 Å². The maximum absolute atomic E-state index is 13.2. The summed E-state index contributed by atoms with van der Waals surface area (Å²) in [4.78, 5) is 34.4. The van der Waals surface area contributed by atoms with Crippen molar-refractivity contribution in [2.75, 3.05) is 37.0 Å². The summed E-state index contributed by atoms with van der Waals surface area (Å²) in [5.41, 5.74) is 3.55. The molecule has 0 spiro atoms. The third-order valence-corrected chi connectivity index (χ3v) is 7.32. The largest absolute Gasteiger partial charge is 0.378 e. The van der Waals surface area contributed by atoms with Gasteiger partial charge in [0.15, 0.2) is 0 Å². The molecule has 31 heavy (non-hydrogen) atoms. The van der Waals surface area contributed by atoms with Crippen molar-refractivity contribution in [2.24, 2.45) is 0 Å². The number of thioether (sulfide) groups is 1. The number of hydrogen-bond donors (Lipinski definition) is 3. The Hall–Kier alpha value is -2.78. The number of carbonyl (C=O) groups excluding carboxylic acids is 2. The summed E-state index contributed by atoms with van der Waals surface area (Å²) in [6.45, 7) is 1.78. The minimum atomic E-state index is -0.423. The van der Waals surface area contributed by atoms with Crippen LogP contribution in [-0.2, 0) is 4.79 Å². The number of carbonyl (C=O) groups is 2. The molecule has 3 amide bonds. The summed E-state index contributed by atoms with van der Waals surface area (Å²) in [7, 11) is 3.96. The molecule has 3 N–H and O–H groups in total. The fourth-order valence-corrected chi connectivity index (χ4v) is 5.68. The van der Waals surface area contributed by atoms with E-state index < -0.39 is 5.25 Å². The summed E-state index contributed by atoms with van der Waals surface area (Å²) in [6, 6.07) is 9.21. The highest BCUT2D eigenvalue weighted by atomic mass is 32.2. The number of rotatable bonds is 4. The number of benzene rings is 1. The van der Waals surface area contributed by atoms with Gasteiger partial charge in [-0.25, -0.2) is 9.78 Å². The summed E-state index contributed by atoms with van der Waals surface area (Å²) < 4.78 is 0. The third-order valence-electron chi connectivity index (χ3n) is 6.03. The van der Waals surface area contributed by atoms with E-state index in [9.17, 15) is 9.59 Å². The molecule has 0 aliphatic carbocycles. The van der Waals surface area contributed by atoms with Gasteiger partial charge < -0.3 is 20.9 Å². The molecule has 9 heteroatoms. The van der Waals surface area contributed by atoms with Crippen LogP contribution in [0.3, 0.4) is 0 Å². The molecule has 4 heterocycles. The van der Waals surface area contributed by atoms with Crippen molar-refractivity contribution in [3.8, 4) is 0 Å². The quantitative estimate of drug-likeness (QED) is 0.679. The summed E-state index contributed by atoms with van der Waals surface area (Å²) in [6.07, 6.45) is 3.74. The Balaban J connectivity index is 1.43. The van der Waals surface area contributed by atoms with Gasteiger partial charge in [-0.05, 0) is 49.7 Å². The highest BCUT2D eigenvalue weighted by Gasteiger charge is 2.46. The lowest BCUT2D eigenvalue weighted by Crippen LogP contribution is -2.52. The standard InChI is InChI=1S/C22H26N6O2S/c1-27(2)14-5-7-15(8-6-14)28-16-9-11-24-21-17(16)18(26-22(28)30)19(31-21)20(29)25-13-4-3-10-23-12-13/h5-9,11,13,18-19,23H,3-4,10,12H2,1-2H3,(H,25,29)(H,26,30)/t13?,18?,19-/m1/s1. The van der Waals surface area contributed by atoms with Crippen LogP contribution in [0.4, 0.5) is 21.9 Å². The molecule has 1 aromatic carbocycles. The van der Waals surface area contributed by atoms with Gasteiger partial charge in [-0.3, -0.25) is 9.69 Å². The average Bonchev–Trinajstić information content (AvgIpc) is 3.14.